The Labute approximate surface area is 122 Å². The Morgan fingerprint density at radius 1 is 1.00 bits per heavy atom. The molecule has 0 aliphatic heterocycles. The minimum atomic E-state index is -0.0710. The van der Waals surface area contributed by atoms with Crippen molar-refractivity contribution < 1.29 is 4.79 Å². The van der Waals surface area contributed by atoms with E-state index in [9.17, 15) is 4.79 Å². The van der Waals surface area contributed by atoms with Crippen molar-refractivity contribution in [1.82, 2.24) is 10.2 Å². The molecule has 4 heteroatoms. The van der Waals surface area contributed by atoms with Crippen LogP contribution < -0.4 is 5.32 Å². The molecule has 0 spiro atoms. The molecule has 21 heavy (non-hydrogen) atoms. The van der Waals surface area contributed by atoms with Gasteiger partial charge >= 0.3 is 0 Å². The van der Waals surface area contributed by atoms with Crippen molar-refractivity contribution in [2.45, 2.75) is 6.92 Å². The van der Waals surface area contributed by atoms with E-state index < -0.39 is 0 Å². The van der Waals surface area contributed by atoms with Gasteiger partial charge in [-0.3, -0.25) is 9.89 Å². The molecular formula is C17H15N3O. The van der Waals surface area contributed by atoms with E-state index in [1.165, 1.54) is 6.92 Å². The summed E-state index contributed by atoms with van der Waals surface area (Å²) in [5.74, 6) is -0.0710. The van der Waals surface area contributed by atoms with E-state index in [4.69, 9.17) is 0 Å². The number of aromatic nitrogens is 2. The van der Waals surface area contributed by atoms with Gasteiger partial charge in [-0.1, -0.05) is 30.3 Å². The van der Waals surface area contributed by atoms with Crippen molar-refractivity contribution in [1.29, 1.82) is 0 Å². The molecule has 104 valence electrons. The number of nitrogens with one attached hydrogen (secondary N) is 2. The summed E-state index contributed by atoms with van der Waals surface area (Å²) in [5.41, 5.74) is 5.01. The van der Waals surface area contributed by atoms with E-state index in [-0.39, 0.29) is 5.91 Å². The quantitative estimate of drug-likeness (QED) is 0.767. The van der Waals surface area contributed by atoms with Gasteiger partial charge in [-0.15, -0.1) is 0 Å². The summed E-state index contributed by atoms with van der Waals surface area (Å²) in [4.78, 5) is 11.1. The third-order valence-corrected chi connectivity index (χ3v) is 3.19. The molecule has 0 saturated carbocycles. The Kier molecular flexibility index (Phi) is 3.51. The molecule has 3 rings (SSSR count). The van der Waals surface area contributed by atoms with E-state index >= 15 is 0 Å². The topological polar surface area (TPSA) is 57.8 Å². The highest BCUT2D eigenvalue weighted by Crippen LogP contribution is 2.26. The largest absolute Gasteiger partial charge is 0.326 e. The number of carbonyl (C=O) groups excluding carboxylic acids is 1. The van der Waals surface area contributed by atoms with E-state index in [0.717, 1.165) is 28.1 Å². The maximum Gasteiger partial charge on any atom is 0.221 e. The number of hydrogen-bond donors (Lipinski definition) is 2. The molecule has 0 unspecified atom stereocenters. The zero-order valence-electron chi connectivity index (χ0n) is 11.6. The number of hydrogen-bond acceptors (Lipinski definition) is 2. The smallest absolute Gasteiger partial charge is 0.221 e. The van der Waals surface area contributed by atoms with Gasteiger partial charge in [0.05, 0.1) is 5.69 Å². The number of anilines is 1. The van der Waals surface area contributed by atoms with Crippen molar-refractivity contribution in [3.05, 3.63) is 60.8 Å². The summed E-state index contributed by atoms with van der Waals surface area (Å²) >= 11 is 0. The van der Waals surface area contributed by atoms with Crippen molar-refractivity contribution >= 4 is 11.6 Å². The molecule has 0 atom stereocenters. The molecule has 0 bridgehead atoms. The van der Waals surface area contributed by atoms with Crippen LogP contribution in [0.4, 0.5) is 5.69 Å². The normalized spacial score (nSPS) is 10.3. The first kappa shape index (κ1) is 13.1. The van der Waals surface area contributed by atoms with Gasteiger partial charge in [-0.2, -0.15) is 5.10 Å². The maximum atomic E-state index is 11.1. The van der Waals surface area contributed by atoms with Gasteiger partial charge in [0.15, 0.2) is 0 Å². The van der Waals surface area contributed by atoms with Gasteiger partial charge in [0, 0.05) is 24.4 Å². The Morgan fingerprint density at radius 3 is 2.43 bits per heavy atom. The van der Waals surface area contributed by atoms with Crippen LogP contribution in [0.25, 0.3) is 22.4 Å². The monoisotopic (exact) mass is 277 g/mol. The Morgan fingerprint density at radius 2 is 1.71 bits per heavy atom. The number of rotatable bonds is 3. The first-order valence-corrected chi connectivity index (χ1v) is 6.70. The molecule has 1 aromatic heterocycles. The molecule has 3 aromatic rings. The van der Waals surface area contributed by atoms with Crippen LogP contribution in [0.2, 0.25) is 0 Å². The van der Waals surface area contributed by atoms with Gasteiger partial charge in [-0.05, 0) is 35.4 Å². The zero-order chi connectivity index (χ0) is 14.7. The number of amides is 1. The van der Waals surface area contributed by atoms with Crippen LogP contribution in [0.1, 0.15) is 6.92 Å². The van der Waals surface area contributed by atoms with Crippen molar-refractivity contribution in [2.75, 3.05) is 5.32 Å². The van der Waals surface area contributed by atoms with Crippen LogP contribution in [-0.4, -0.2) is 16.1 Å². The summed E-state index contributed by atoms with van der Waals surface area (Å²) < 4.78 is 0. The zero-order valence-corrected chi connectivity index (χ0v) is 11.6. The van der Waals surface area contributed by atoms with Crippen molar-refractivity contribution in [3.63, 3.8) is 0 Å². The van der Waals surface area contributed by atoms with E-state index in [0.29, 0.717) is 0 Å². The standard InChI is InChI=1S/C17H15N3O/c1-12(21)19-16-7-3-5-14(11-16)13-4-2-6-15(10-13)17-8-9-18-20-17/h2-11H,1H3,(H,18,20)(H,19,21). The summed E-state index contributed by atoms with van der Waals surface area (Å²) in [6, 6.07) is 17.9. The highest BCUT2D eigenvalue weighted by atomic mass is 16.1. The molecule has 4 nitrogen and oxygen atoms in total. The number of H-pyrrole nitrogens is 1. The molecule has 0 radical (unpaired) electrons. The minimum Gasteiger partial charge on any atom is -0.326 e. The molecule has 1 heterocycles. The second kappa shape index (κ2) is 5.63. The maximum absolute atomic E-state index is 11.1. The molecular weight excluding hydrogens is 262 g/mol. The van der Waals surface area contributed by atoms with Gasteiger partial charge in [0.25, 0.3) is 0 Å². The number of benzene rings is 2. The predicted octanol–water partition coefficient (Wildman–Crippen LogP) is 3.70. The third-order valence-electron chi connectivity index (χ3n) is 3.19. The van der Waals surface area contributed by atoms with E-state index in [1.54, 1.807) is 6.20 Å². The molecule has 0 aliphatic rings. The van der Waals surface area contributed by atoms with Crippen LogP contribution in [-0.2, 0) is 4.79 Å². The number of aromatic amines is 1. The first-order chi connectivity index (χ1) is 10.2. The number of nitrogens with zero attached hydrogens (tertiary/aromatic N) is 1. The summed E-state index contributed by atoms with van der Waals surface area (Å²) in [6.07, 6.45) is 1.74. The predicted molar refractivity (Wildman–Crippen MR) is 83.8 cm³/mol. The van der Waals surface area contributed by atoms with E-state index in [1.807, 2.05) is 48.5 Å². The molecule has 2 N–H and O–H groups in total. The second-order valence-electron chi connectivity index (χ2n) is 4.81. The fourth-order valence-corrected chi connectivity index (χ4v) is 2.26. The highest BCUT2D eigenvalue weighted by Gasteiger charge is 2.04. The van der Waals surface area contributed by atoms with Gasteiger partial charge in [0.1, 0.15) is 0 Å². The lowest BCUT2D eigenvalue weighted by Crippen LogP contribution is -2.05. The second-order valence-corrected chi connectivity index (χ2v) is 4.81. The average molecular weight is 277 g/mol. The Hall–Kier alpha value is -2.88. The molecule has 1 amide bonds. The first-order valence-electron chi connectivity index (χ1n) is 6.70. The summed E-state index contributed by atoms with van der Waals surface area (Å²) in [6.45, 7) is 1.51. The van der Waals surface area contributed by atoms with Gasteiger partial charge in [0.2, 0.25) is 5.91 Å². The number of carbonyl (C=O) groups is 1. The average Bonchev–Trinajstić information content (AvgIpc) is 3.01. The Balaban J connectivity index is 1.97. The summed E-state index contributed by atoms with van der Waals surface area (Å²) in [5, 5.41) is 9.74. The lowest BCUT2D eigenvalue weighted by molar-refractivity contribution is -0.114. The van der Waals surface area contributed by atoms with Crippen LogP contribution in [0.15, 0.2) is 60.8 Å². The Bertz CT molecular complexity index is 763. The molecule has 2 aromatic carbocycles. The van der Waals surface area contributed by atoms with Gasteiger partial charge in [-0.25, -0.2) is 0 Å². The van der Waals surface area contributed by atoms with Gasteiger partial charge < -0.3 is 5.32 Å². The van der Waals surface area contributed by atoms with Crippen LogP contribution in [0, 0.1) is 0 Å². The highest BCUT2D eigenvalue weighted by molar-refractivity contribution is 5.89. The van der Waals surface area contributed by atoms with Crippen molar-refractivity contribution in [3.8, 4) is 22.4 Å². The molecule has 0 fully saturated rings. The van der Waals surface area contributed by atoms with Crippen molar-refractivity contribution in [2.24, 2.45) is 0 Å². The fraction of sp³-hybridized carbons (Fsp3) is 0.0588. The van der Waals surface area contributed by atoms with E-state index in [2.05, 4.69) is 21.6 Å². The van der Waals surface area contributed by atoms with Crippen LogP contribution >= 0.6 is 0 Å². The molecule has 0 aliphatic carbocycles. The lowest BCUT2D eigenvalue weighted by Gasteiger charge is -2.07. The SMILES string of the molecule is CC(=O)Nc1cccc(-c2cccc(-c3ccn[nH]3)c2)c1. The molecule has 0 saturated heterocycles. The minimum absolute atomic E-state index is 0.0710. The lowest BCUT2D eigenvalue weighted by atomic mass is 10.0. The summed E-state index contributed by atoms with van der Waals surface area (Å²) in [7, 11) is 0. The van der Waals surface area contributed by atoms with Crippen LogP contribution in [0.3, 0.4) is 0 Å². The third kappa shape index (κ3) is 3.00. The fourth-order valence-electron chi connectivity index (χ4n) is 2.26. The van der Waals surface area contributed by atoms with Crippen LogP contribution in [0.5, 0.6) is 0 Å².